The minimum Gasteiger partial charge on any atom is -0.459 e. The highest BCUT2D eigenvalue weighted by Crippen LogP contribution is 2.28. The molecule has 1 fully saturated rings. The van der Waals surface area contributed by atoms with Crippen LogP contribution in [0.2, 0.25) is 0 Å². The van der Waals surface area contributed by atoms with Gasteiger partial charge in [0.2, 0.25) is 0 Å². The summed E-state index contributed by atoms with van der Waals surface area (Å²) in [6.45, 7) is 0.714. The highest BCUT2D eigenvalue weighted by Gasteiger charge is 2.44. The highest BCUT2D eigenvalue weighted by molar-refractivity contribution is 5.89. The summed E-state index contributed by atoms with van der Waals surface area (Å²) in [6, 6.07) is 18.5. The minimum absolute atomic E-state index is 0.0179. The molecule has 0 spiro atoms. The fourth-order valence-corrected chi connectivity index (χ4v) is 3.04. The van der Waals surface area contributed by atoms with E-state index >= 15 is 0 Å². The van der Waals surface area contributed by atoms with Crippen LogP contribution in [0.1, 0.15) is 15.9 Å². The molecule has 1 unspecified atom stereocenters. The Morgan fingerprint density at radius 2 is 1.70 bits per heavy atom. The van der Waals surface area contributed by atoms with Gasteiger partial charge in [-0.1, -0.05) is 48.5 Å². The maximum absolute atomic E-state index is 12.1. The van der Waals surface area contributed by atoms with Crippen molar-refractivity contribution in [3.63, 3.8) is 0 Å². The Kier molecular flexibility index (Phi) is 6.95. The van der Waals surface area contributed by atoms with Crippen LogP contribution >= 0.6 is 0 Å². The molecule has 0 aliphatic carbocycles. The minimum atomic E-state index is -0.855. The number of benzene rings is 2. The number of rotatable bonds is 8. The van der Waals surface area contributed by atoms with E-state index in [4.69, 9.17) is 18.9 Å². The van der Waals surface area contributed by atoms with Crippen molar-refractivity contribution in [3.8, 4) is 0 Å². The van der Waals surface area contributed by atoms with Crippen molar-refractivity contribution in [1.29, 1.82) is 0 Å². The van der Waals surface area contributed by atoms with Crippen molar-refractivity contribution in [2.75, 3.05) is 20.3 Å². The summed E-state index contributed by atoms with van der Waals surface area (Å²) in [5, 5.41) is 10.4. The Balaban J connectivity index is 1.55. The second-order valence-corrected chi connectivity index (χ2v) is 6.40. The molecule has 1 N–H and O–H groups in total. The molecule has 2 aromatic carbocycles. The van der Waals surface area contributed by atoms with Crippen molar-refractivity contribution in [2.45, 2.75) is 25.1 Å². The van der Waals surface area contributed by atoms with E-state index in [-0.39, 0.29) is 19.1 Å². The lowest BCUT2D eigenvalue weighted by atomic mass is 10.00. The lowest BCUT2D eigenvalue weighted by Crippen LogP contribution is -2.34. The number of hydrogen-bond donors (Lipinski definition) is 1. The van der Waals surface area contributed by atoms with Crippen LogP contribution < -0.4 is 0 Å². The standard InChI is InChI=1S/C21H24O6/c1-24-21-19(22)17(13-25-12-15-8-4-2-5-9-15)18(27-21)14-26-20(23)16-10-6-3-7-11-16/h2-11,17-19,21-22H,12-14H2,1H3/t17-,18+,19?,21+/m0/s1. The third-order valence-corrected chi connectivity index (χ3v) is 4.55. The van der Waals surface area contributed by atoms with Crippen LogP contribution in [0.25, 0.3) is 0 Å². The molecule has 1 aliphatic rings. The first-order valence-corrected chi connectivity index (χ1v) is 8.89. The van der Waals surface area contributed by atoms with Gasteiger partial charge >= 0.3 is 5.97 Å². The van der Waals surface area contributed by atoms with Crippen molar-refractivity contribution >= 4 is 5.97 Å². The van der Waals surface area contributed by atoms with Crippen LogP contribution in [0.15, 0.2) is 60.7 Å². The number of aliphatic hydroxyl groups excluding tert-OH is 1. The molecule has 6 heteroatoms. The second kappa shape index (κ2) is 9.62. The third kappa shape index (κ3) is 5.14. The van der Waals surface area contributed by atoms with Crippen LogP contribution in [0.3, 0.4) is 0 Å². The van der Waals surface area contributed by atoms with E-state index in [1.165, 1.54) is 7.11 Å². The number of aliphatic hydroxyl groups is 1. The lowest BCUT2D eigenvalue weighted by molar-refractivity contribution is -0.153. The van der Waals surface area contributed by atoms with Gasteiger partial charge in [-0.2, -0.15) is 0 Å². The van der Waals surface area contributed by atoms with E-state index in [1.807, 2.05) is 36.4 Å². The van der Waals surface area contributed by atoms with Gasteiger partial charge in [-0.3, -0.25) is 0 Å². The molecule has 1 saturated heterocycles. The first-order chi connectivity index (χ1) is 13.2. The molecule has 3 rings (SSSR count). The van der Waals surface area contributed by atoms with Gasteiger partial charge in [-0.15, -0.1) is 0 Å². The molecule has 0 radical (unpaired) electrons. The van der Waals surface area contributed by atoms with E-state index in [9.17, 15) is 9.90 Å². The largest absolute Gasteiger partial charge is 0.459 e. The molecule has 0 bridgehead atoms. The van der Waals surface area contributed by atoms with Crippen LogP contribution in [0.5, 0.6) is 0 Å². The molecule has 0 amide bonds. The molecular weight excluding hydrogens is 348 g/mol. The molecule has 1 heterocycles. The lowest BCUT2D eigenvalue weighted by Gasteiger charge is -2.20. The van der Waals surface area contributed by atoms with Gasteiger partial charge in [0.05, 0.1) is 18.8 Å². The average Bonchev–Trinajstić information content (AvgIpc) is 3.02. The number of carbonyl (C=O) groups excluding carboxylic acids is 1. The molecule has 144 valence electrons. The summed E-state index contributed by atoms with van der Waals surface area (Å²) >= 11 is 0. The average molecular weight is 372 g/mol. The van der Waals surface area contributed by atoms with Gasteiger partial charge in [0.25, 0.3) is 0 Å². The van der Waals surface area contributed by atoms with Crippen molar-refractivity contribution in [2.24, 2.45) is 5.92 Å². The smallest absolute Gasteiger partial charge is 0.338 e. The zero-order chi connectivity index (χ0) is 19.1. The Hall–Kier alpha value is -2.25. The Bertz CT molecular complexity index is 705. The molecule has 1 aliphatic heterocycles. The predicted octanol–water partition coefficient (Wildman–Crippen LogP) is 2.41. The van der Waals surface area contributed by atoms with Crippen LogP contribution in [0.4, 0.5) is 0 Å². The molecule has 0 aromatic heterocycles. The van der Waals surface area contributed by atoms with Crippen LogP contribution in [0, 0.1) is 5.92 Å². The van der Waals surface area contributed by atoms with Gasteiger partial charge in [-0.25, -0.2) is 4.79 Å². The first-order valence-electron chi connectivity index (χ1n) is 8.89. The normalized spacial score (nSPS) is 24.7. The fraction of sp³-hybridized carbons (Fsp3) is 0.381. The number of methoxy groups -OCH3 is 1. The molecule has 2 aromatic rings. The second-order valence-electron chi connectivity index (χ2n) is 6.40. The summed E-state index contributed by atoms with van der Waals surface area (Å²) < 4.78 is 22.0. The number of esters is 1. The van der Waals surface area contributed by atoms with Gasteiger partial charge in [0, 0.05) is 13.0 Å². The van der Waals surface area contributed by atoms with E-state index in [0.29, 0.717) is 12.2 Å². The SMILES string of the molecule is CO[C@@H]1O[C@H](COC(=O)c2ccccc2)[C@H](COCc2ccccc2)C1O. The first kappa shape index (κ1) is 19.5. The maximum Gasteiger partial charge on any atom is 0.338 e. The molecular formula is C21H24O6. The summed E-state index contributed by atoms with van der Waals surface area (Å²) in [7, 11) is 1.47. The fourth-order valence-electron chi connectivity index (χ4n) is 3.04. The predicted molar refractivity (Wildman–Crippen MR) is 98.0 cm³/mol. The molecule has 6 nitrogen and oxygen atoms in total. The van der Waals surface area contributed by atoms with Crippen molar-refractivity contribution < 1.29 is 28.8 Å². The van der Waals surface area contributed by atoms with E-state index in [0.717, 1.165) is 5.56 Å². The van der Waals surface area contributed by atoms with Crippen LogP contribution in [-0.4, -0.2) is 49.9 Å². The van der Waals surface area contributed by atoms with Crippen molar-refractivity contribution in [3.05, 3.63) is 71.8 Å². The summed E-state index contributed by atoms with van der Waals surface area (Å²) in [6.07, 6.45) is -2.13. The van der Waals surface area contributed by atoms with Gasteiger partial charge in [0.15, 0.2) is 6.29 Å². The van der Waals surface area contributed by atoms with E-state index in [1.54, 1.807) is 24.3 Å². The summed E-state index contributed by atoms with van der Waals surface area (Å²) in [5.41, 5.74) is 1.51. The zero-order valence-electron chi connectivity index (χ0n) is 15.2. The van der Waals surface area contributed by atoms with Gasteiger partial charge in [-0.05, 0) is 17.7 Å². The third-order valence-electron chi connectivity index (χ3n) is 4.55. The van der Waals surface area contributed by atoms with Gasteiger partial charge in [0.1, 0.15) is 18.8 Å². The number of carbonyl (C=O) groups is 1. The summed E-state index contributed by atoms with van der Waals surface area (Å²) in [4.78, 5) is 12.1. The Morgan fingerprint density at radius 1 is 1.04 bits per heavy atom. The highest BCUT2D eigenvalue weighted by atomic mass is 16.7. The van der Waals surface area contributed by atoms with E-state index in [2.05, 4.69) is 0 Å². The summed E-state index contributed by atoms with van der Waals surface area (Å²) in [5.74, 6) is -0.791. The van der Waals surface area contributed by atoms with E-state index < -0.39 is 24.5 Å². The monoisotopic (exact) mass is 372 g/mol. The van der Waals surface area contributed by atoms with Crippen molar-refractivity contribution in [1.82, 2.24) is 0 Å². The molecule has 27 heavy (non-hydrogen) atoms. The topological polar surface area (TPSA) is 74.2 Å². The Labute approximate surface area is 158 Å². The molecule has 0 saturated carbocycles. The number of hydrogen-bond acceptors (Lipinski definition) is 6. The Morgan fingerprint density at radius 3 is 2.37 bits per heavy atom. The van der Waals surface area contributed by atoms with Crippen LogP contribution in [-0.2, 0) is 25.6 Å². The quantitative estimate of drug-likeness (QED) is 0.718. The zero-order valence-corrected chi connectivity index (χ0v) is 15.2. The maximum atomic E-state index is 12.1. The van der Waals surface area contributed by atoms with Gasteiger partial charge < -0.3 is 24.1 Å². The molecule has 4 atom stereocenters. The number of ether oxygens (including phenoxy) is 4.